The molecule has 1 aliphatic carbocycles. The Balaban J connectivity index is 1.38. The zero-order valence-electron chi connectivity index (χ0n) is 15.1. The predicted octanol–water partition coefficient (Wildman–Crippen LogP) is 5.14. The average Bonchev–Trinajstić information content (AvgIpc) is 3.25. The third-order valence-electron chi connectivity index (χ3n) is 5.34. The van der Waals surface area contributed by atoms with Crippen LogP contribution in [0, 0.1) is 0 Å². The molecule has 5 rings (SSSR count). The molecular weight excluding hydrogens is 356 g/mol. The lowest BCUT2D eigenvalue weighted by Gasteiger charge is -2.22. The van der Waals surface area contributed by atoms with E-state index < -0.39 is 0 Å². The van der Waals surface area contributed by atoms with Gasteiger partial charge in [-0.3, -0.25) is 0 Å². The van der Waals surface area contributed by atoms with Crippen molar-refractivity contribution in [3.8, 4) is 5.75 Å². The van der Waals surface area contributed by atoms with Crippen LogP contribution in [0.3, 0.4) is 0 Å². The maximum absolute atomic E-state index is 9.61. The largest absolute Gasteiger partial charge is 0.508 e. The number of nitrogens with zero attached hydrogens (tertiary/aromatic N) is 3. The smallest absolute Gasteiger partial charge is 0.184 e. The first-order valence-electron chi connectivity index (χ1n) is 9.54. The van der Waals surface area contributed by atoms with Gasteiger partial charge in [0.15, 0.2) is 5.13 Å². The molecule has 1 saturated carbocycles. The van der Waals surface area contributed by atoms with Crippen LogP contribution in [0.15, 0.2) is 42.7 Å². The number of rotatable bonds is 4. The fourth-order valence-corrected chi connectivity index (χ4v) is 4.93. The second-order valence-electron chi connectivity index (χ2n) is 7.35. The van der Waals surface area contributed by atoms with E-state index in [-0.39, 0.29) is 5.75 Å². The van der Waals surface area contributed by atoms with Crippen LogP contribution in [0.5, 0.6) is 5.75 Å². The first-order chi connectivity index (χ1) is 13.2. The standard InChI is InChI=1S/C21H22N4OS/c26-16-7-9-19-18(11-16)22-13-25(19)12-14-6-8-17-20(10-14)27-21(24-17)23-15-4-2-1-3-5-15/h6-11,13,15,26H,1-5,12H2,(H,23,24). The van der Waals surface area contributed by atoms with Crippen molar-refractivity contribution in [2.24, 2.45) is 0 Å². The van der Waals surface area contributed by atoms with Gasteiger partial charge in [-0.05, 0) is 42.7 Å². The number of fused-ring (bicyclic) bond motifs is 2. The van der Waals surface area contributed by atoms with Crippen LogP contribution in [0.25, 0.3) is 21.3 Å². The Morgan fingerprint density at radius 3 is 2.85 bits per heavy atom. The highest BCUT2D eigenvalue weighted by molar-refractivity contribution is 7.22. The van der Waals surface area contributed by atoms with Gasteiger partial charge in [0.1, 0.15) is 5.75 Å². The minimum absolute atomic E-state index is 0.247. The Hall–Kier alpha value is -2.60. The number of phenols is 1. The van der Waals surface area contributed by atoms with E-state index in [0.717, 1.165) is 28.2 Å². The molecule has 2 heterocycles. The summed E-state index contributed by atoms with van der Waals surface area (Å²) in [4.78, 5) is 9.16. The molecule has 2 aromatic heterocycles. The van der Waals surface area contributed by atoms with Crippen LogP contribution in [-0.2, 0) is 6.54 Å². The summed E-state index contributed by atoms with van der Waals surface area (Å²) in [7, 11) is 0. The molecule has 1 fully saturated rings. The Kier molecular flexibility index (Phi) is 4.20. The van der Waals surface area contributed by atoms with Crippen LogP contribution in [-0.4, -0.2) is 25.7 Å². The average molecular weight is 379 g/mol. The summed E-state index contributed by atoms with van der Waals surface area (Å²) < 4.78 is 3.32. The number of imidazole rings is 1. The van der Waals surface area contributed by atoms with Crippen LogP contribution < -0.4 is 5.32 Å². The second-order valence-corrected chi connectivity index (χ2v) is 8.38. The number of anilines is 1. The minimum Gasteiger partial charge on any atom is -0.508 e. The molecule has 0 unspecified atom stereocenters. The molecule has 2 aromatic carbocycles. The highest BCUT2D eigenvalue weighted by Crippen LogP contribution is 2.30. The summed E-state index contributed by atoms with van der Waals surface area (Å²) in [6, 6.07) is 12.4. The minimum atomic E-state index is 0.247. The van der Waals surface area contributed by atoms with Crippen LogP contribution >= 0.6 is 11.3 Å². The van der Waals surface area contributed by atoms with Crippen molar-refractivity contribution in [2.45, 2.75) is 44.7 Å². The van der Waals surface area contributed by atoms with Crippen molar-refractivity contribution in [3.05, 3.63) is 48.3 Å². The van der Waals surface area contributed by atoms with Gasteiger partial charge in [0.05, 0.1) is 27.6 Å². The van der Waals surface area contributed by atoms with Gasteiger partial charge in [-0.15, -0.1) is 0 Å². The molecule has 0 spiro atoms. The molecule has 4 aromatic rings. The van der Waals surface area contributed by atoms with Gasteiger partial charge >= 0.3 is 0 Å². The number of nitrogens with one attached hydrogen (secondary N) is 1. The Morgan fingerprint density at radius 1 is 1.07 bits per heavy atom. The third kappa shape index (κ3) is 3.37. The molecule has 0 bridgehead atoms. The predicted molar refractivity (Wildman–Crippen MR) is 111 cm³/mol. The molecule has 138 valence electrons. The summed E-state index contributed by atoms with van der Waals surface area (Å²) in [5, 5.41) is 14.3. The molecule has 2 N–H and O–H groups in total. The SMILES string of the molecule is Oc1ccc2c(c1)ncn2Cc1ccc2nc(NC3CCCCC3)sc2c1. The van der Waals surface area contributed by atoms with E-state index in [1.165, 1.54) is 42.4 Å². The monoisotopic (exact) mass is 378 g/mol. The number of phenolic OH excluding ortho intramolecular Hbond substituents is 1. The number of aromatic nitrogens is 3. The van der Waals surface area contributed by atoms with Gasteiger partial charge in [-0.1, -0.05) is 36.7 Å². The number of thiazole rings is 1. The fourth-order valence-electron chi connectivity index (χ4n) is 3.93. The highest BCUT2D eigenvalue weighted by Gasteiger charge is 2.15. The van der Waals surface area contributed by atoms with Crippen molar-refractivity contribution in [2.75, 3.05) is 5.32 Å². The molecule has 6 heteroatoms. The summed E-state index contributed by atoms with van der Waals surface area (Å²) >= 11 is 1.74. The lowest BCUT2D eigenvalue weighted by molar-refractivity contribution is 0.462. The van der Waals surface area contributed by atoms with Crippen molar-refractivity contribution in [1.29, 1.82) is 0 Å². The van der Waals surface area contributed by atoms with Crippen LogP contribution in [0.4, 0.5) is 5.13 Å². The summed E-state index contributed by atoms with van der Waals surface area (Å²) in [5.41, 5.74) is 4.12. The van der Waals surface area contributed by atoms with Gasteiger partial charge in [0, 0.05) is 18.7 Å². The molecule has 27 heavy (non-hydrogen) atoms. The molecule has 0 saturated heterocycles. The fraction of sp³-hybridized carbons (Fsp3) is 0.333. The first-order valence-corrected chi connectivity index (χ1v) is 10.4. The number of benzene rings is 2. The van der Waals surface area contributed by atoms with E-state index in [2.05, 4.69) is 33.1 Å². The van der Waals surface area contributed by atoms with Gasteiger partial charge in [0.25, 0.3) is 0 Å². The zero-order chi connectivity index (χ0) is 18.2. The summed E-state index contributed by atoms with van der Waals surface area (Å²) in [6.45, 7) is 0.750. The topological polar surface area (TPSA) is 63.0 Å². The summed E-state index contributed by atoms with van der Waals surface area (Å²) in [5.74, 6) is 0.247. The zero-order valence-corrected chi connectivity index (χ0v) is 15.9. The lowest BCUT2D eigenvalue weighted by atomic mass is 9.96. The van der Waals surface area contributed by atoms with E-state index in [9.17, 15) is 5.11 Å². The lowest BCUT2D eigenvalue weighted by Crippen LogP contribution is -2.21. The van der Waals surface area contributed by atoms with Crippen molar-refractivity contribution in [3.63, 3.8) is 0 Å². The van der Waals surface area contributed by atoms with E-state index in [1.807, 2.05) is 12.4 Å². The maximum Gasteiger partial charge on any atom is 0.184 e. The Morgan fingerprint density at radius 2 is 1.96 bits per heavy atom. The van der Waals surface area contributed by atoms with Gasteiger partial charge in [-0.25, -0.2) is 9.97 Å². The second kappa shape index (κ2) is 6.85. The highest BCUT2D eigenvalue weighted by atomic mass is 32.1. The molecular formula is C21H22N4OS. The Bertz CT molecular complexity index is 1090. The van der Waals surface area contributed by atoms with Gasteiger partial charge < -0.3 is 15.0 Å². The molecule has 0 amide bonds. The molecule has 1 aliphatic rings. The maximum atomic E-state index is 9.61. The van der Waals surface area contributed by atoms with Gasteiger partial charge in [0.2, 0.25) is 0 Å². The van der Waals surface area contributed by atoms with Crippen molar-refractivity contribution in [1.82, 2.24) is 14.5 Å². The molecule has 0 aliphatic heterocycles. The van der Waals surface area contributed by atoms with E-state index >= 15 is 0 Å². The first kappa shape index (κ1) is 16.6. The molecule has 0 atom stereocenters. The molecule has 5 nitrogen and oxygen atoms in total. The van der Waals surface area contributed by atoms with Crippen molar-refractivity contribution >= 4 is 37.7 Å². The Labute approximate surface area is 161 Å². The normalized spacial score (nSPS) is 15.6. The van der Waals surface area contributed by atoms with Crippen LogP contribution in [0.2, 0.25) is 0 Å². The number of hydrogen-bond acceptors (Lipinski definition) is 5. The van der Waals surface area contributed by atoms with E-state index in [1.54, 1.807) is 23.5 Å². The quantitative estimate of drug-likeness (QED) is 0.516. The summed E-state index contributed by atoms with van der Waals surface area (Å²) in [6.07, 6.45) is 8.35. The van der Waals surface area contributed by atoms with Crippen molar-refractivity contribution < 1.29 is 5.11 Å². The van der Waals surface area contributed by atoms with Gasteiger partial charge in [-0.2, -0.15) is 0 Å². The number of aromatic hydroxyl groups is 1. The number of hydrogen-bond donors (Lipinski definition) is 2. The van der Waals surface area contributed by atoms with Crippen LogP contribution in [0.1, 0.15) is 37.7 Å². The van der Waals surface area contributed by atoms with E-state index in [4.69, 9.17) is 4.98 Å². The third-order valence-corrected chi connectivity index (χ3v) is 6.29. The molecule has 0 radical (unpaired) electrons. The van der Waals surface area contributed by atoms with E-state index in [0.29, 0.717) is 6.04 Å².